The third kappa shape index (κ3) is 6.88. The van der Waals surface area contributed by atoms with Crippen LogP contribution >= 0.6 is 15.9 Å². The van der Waals surface area contributed by atoms with Gasteiger partial charge in [-0.15, -0.1) is 0 Å². The monoisotopic (exact) mass is 416 g/mol. The number of likely N-dealkylation sites (N-methyl/N-ethyl adjacent to an activating group) is 1. The molecule has 0 saturated heterocycles. The Morgan fingerprint density at radius 3 is 2.23 bits per heavy atom. The van der Waals surface area contributed by atoms with E-state index >= 15 is 0 Å². The molecule has 5 nitrogen and oxygen atoms in total. The minimum atomic E-state index is -0.00141. The number of nitrogens with zero attached hydrogens (tertiary/aromatic N) is 2. The summed E-state index contributed by atoms with van der Waals surface area (Å²) in [4.78, 5) is 18.0. The van der Waals surface area contributed by atoms with Crippen molar-refractivity contribution in [2.75, 3.05) is 20.6 Å². The van der Waals surface area contributed by atoms with Gasteiger partial charge >= 0.3 is 0 Å². The molecule has 0 aliphatic rings. The lowest BCUT2D eigenvalue weighted by molar-refractivity contribution is -0.127. The van der Waals surface area contributed by atoms with Crippen LogP contribution in [0.25, 0.3) is 0 Å². The molecule has 6 heteroatoms. The highest BCUT2D eigenvalue weighted by molar-refractivity contribution is 9.10. The number of carbonyl (C=O) groups excluding carboxylic acids is 1. The van der Waals surface area contributed by atoms with Gasteiger partial charge in [0.1, 0.15) is 0 Å². The molecular formula is C20H25BrN4O. The zero-order chi connectivity index (χ0) is 18.9. The number of aliphatic imine (C=N–C) groups is 1. The molecule has 0 aliphatic carbocycles. The van der Waals surface area contributed by atoms with E-state index in [0.717, 1.165) is 15.6 Å². The predicted molar refractivity (Wildman–Crippen MR) is 110 cm³/mol. The van der Waals surface area contributed by atoms with Crippen molar-refractivity contribution in [3.8, 4) is 0 Å². The number of hydrogen-bond donors (Lipinski definition) is 2. The lowest BCUT2D eigenvalue weighted by atomic mass is 10.1. The van der Waals surface area contributed by atoms with E-state index in [9.17, 15) is 4.79 Å². The lowest BCUT2D eigenvalue weighted by Crippen LogP contribution is -2.42. The number of aryl methyl sites for hydroxylation is 1. The minimum absolute atomic E-state index is 0.00141. The van der Waals surface area contributed by atoms with Gasteiger partial charge in [0.25, 0.3) is 0 Å². The fraction of sp³-hybridized carbons (Fsp3) is 0.300. The summed E-state index contributed by atoms with van der Waals surface area (Å²) in [7, 11) is 3.48. The third-order valence-electron chi connectivity index (χ3n) is 3.82. The predicted octanol–water partition coefficient (Wildman–Crippen LogP) is 3.08. The van der Waals surface area contributed by atoms with Gasteiger partial charge in [-0.1, -0.05) is 57.9 Å². The van der Waals surface area contributed by atoms with E-state index in [0.29, 0.717) is 19.0 Å². The second-order valence-corrected chi connectivity index (χ2v) is 7.19. The van der Waals surface area contributed by atoms with Gasteiger partial charge in [0.2, 0.25) is 5.91 Å². The van der Waals surface area contributed by atoms with Crippen molar-refractivity contribution in [3.05, 3.63) is 69.7 Å². The Morgan fingerprint density at radius 1 is 1.00 bits per heavy atom. The van der Waals surface area contributed by atoms with Crippen molar-refractivity contribution < 1.29 is 4.79 Å². The fourth-order valence-corrected chi connectivity index (χ4v) is 2.41. The Morgan fingerprint density at radius 2 is 1.62 bits per heavy atom. The summed E-state index contributed by atoms with van der Waals surface area (Å²) in [5.41, 5.74) is 3.49. The van der Waals surface area contributed by atoms with Crippen molar-refractivity contribution >= 4 is 27.8 Å². The summed E-state index contributed by atoms with van der Waals surface area (Å²) in [6.45, 7) is 3.44. The van der Waals surface area contributed by atoms with Gasteiger partial charge in [0, 0.05) is 25.1 Å². The molecule has 0 heterocycles. The highest BCUT2D eigenvalue weighted by atomic mass is 79.9. The summed E-state index contributed by atoms with van der Waals surface area (Å²) in [5.74, 6) is 0.613. The molecular weight excluding hydrogens is 392 g/mol. The molecule has 0 radical (unpaired) electrons. The number of benzene rings is 2. The van der Waals surface area contributed by atoms with Crippen LogP contribution in [0.1, 0.15) is 16.7 Å². The van der Waals surface area contributed by atoms with Crippen LogP contribution in [0.15, 0.2) is 58.0 Å². The summed E-state index contributed by atoms with van der Waals surface area (Å²) in [6, 6.07) is 16.4. The maximum atomic E-state index is 11.8. The first-order valence-corrected chi connectivity index (χ1v) is 9.25. The first-order valence-electron chi connectivity index (χ1n) is 8.46. The van der Waals surface area contributed by atoms with Crippen LogP contribution in [0, 0.1) is 6.92 Å². The Hall–Kier alpha value is -2.34. The molecule has 2 aromatic carbocycles. The number of carbonyl (C=O) groups is 1. The van der Waals surface area contributed by atoms with Crippen LogP contribution < -0.4 is 10.6 Å². The summed E-state index contributed by atoms with van der Waals surface area (Å²) >= 11 is 3.43. The highest BCUT2D eigenvalue weighted by Crippen LogP contribution is 2.11. The third-order valence-corrected chi connectivity index (χ3v) is 4.35. The summed E-state index contributed by atoms with van der Waals surface area (Å²) in [6.07, 6.45) is 0. The minimum Gasteiger partial charge on any atom is -0.352 e. The second-order valence-electron chi connectivity index (χ2n) is 6.27. The van der Waals surface area contributed by atoms with E-state index in [1.807, 2.05) is 24.3 Å². The number of hydrogen-bond acceptors (Lipinski definition) is 2. The van der Waals surface area contributed by atoms with Crippen molar-refractivity contribution in [1.82, 2.24) is 15.5 Å². The second kappa shape index (κ2) is 9.97. The Bertz CT molecular complexity index is 739. The number of rotatable bonds is 6. The van der Waals surface area contributed by atoms with E-state index < -0.39 is 0 Å². The molecule has 0 saturated carbocycles. The number of amides is 1. The maximum absolute atomic E-state index is 11.8. The highest BCUT2D eigenvalue weighted by Gasteiger charge is 2.06. The first-order chi connectivity index (χ1) is 12.4. The number of nitrogens with one attached hydrogen (secondary N) is 2. The van der Waals surface area contributed by atoms with Crippen LogP contribution in [0.3, 0.4) is 0 Å². The molecule has 0 bridgehead atoms. The number of guanidine groups is 1. The Balaban J connectivity index is 2.01. The van der Waals surface area contributed by atoms with Gasteiger partial charge in [0.05, 0.1) is 13.1 Å². The van der Waals surface area contributed by atoms with Crippen molar-refractivity contribution in [2.24, 2.45) is 4.99 Å². The Kier molecular flexibility index (Phi) is 7.66. The average molecular weight is 417 g/mol. The van der Waals surface area contributed by atoms with Crippen molar-refractivity contribution in [2.45, 2.75) is 20.0 Å². The van der Waals surface area contributed by atoms with Gasteiger partial charge in [0.15, 0.2) is 5.96 Å². The van der Waals surface area contributed by atoms with Crippen LogP contribution in [0.2, 0.25) is 0 Å². The quantitative estimate of drug-likeness (QED) is 0.561. The summed E-state index contributed by atoms with van der Waals surface area (Å²) < 4.78 is 1.04. The topological polar surface area (TPSA) is 56.7 Å². The van der Waals surface area contributed by atoms with Gasteiger partial charge in [-0.05, 0) is 30.2 Å². The van der Waals surface area contributed by atoms with Crippen molar-refractivity contribution in [3.63, 3.8) is 0 Å². The molecule has 0 atom stereocenters. The molecule has 1 amide bonds. The standard InChI is InChI=1S/C20H25BrN4O/c1-15-4-6-16(7-5-15)12-22-20(24-14-19(26)25(2)3)23-13-17-8-10-18(21)11-9-17/h4-11H,12-14H2,1-3H3,(H2,22,23,24). The molecule has 138 valence electrons. The normalized spacial score (nSPS) is 11.2. The van der Waals surface area contributed by atoms with E-state index in [-0.39, 0.29) is 12.5 Å². The first kappa shape index (κ1) is 20.0. The summed E-state index contributed by atoms with van der Waals surface area (Å²) in [5, 5.41) is 6.39. The SMILES string of the molecule is Cc1ccc(CNC(=NCc2ccc(Br)cc2)NCC(=O)N(C)C)cc1. The van der Waals surface area contributed by atoms with Crippen LogP contribution in [0.4, 0.5) is 0 Å². The molecule has 2 N–H and O–H groups in total. The molecule has 0 spiro atoms. The van der Waals surface area contributed by atoms with E-state index in [2.05, 4.69) is 62.7 Å². The van der Waals surface area contributed by atoms with Crippen LogP contribution in [-0.2, 0) is 17.9 Å². The zero-order valence-corrected chi connectivity index (χ0v) is 17.0. The van der Waals surface area contributed by atoms with Gasteiger partial charge in [-0.25, -0.2) is 4.99 Å². The molecule has 2 aromatic rings. The molecule has 2 rings (SSSR count). The van der Waals surface area contributed by atoms with Gasteiger partial charge in [-0.2, -0.15) is 0 Å². The molecule has 26 heavy (non-hydrogen) atoms. The largest absolute Gasteiger partial charge is 0.352 e. The fourth-order valence-electron chi connectivity index (χ4n) is 2.14. The van der Waals surface area contributed by atoms with Gasteiger partial charge in [-0.3, -0.25) is 4.79 Å². The van der Waals surface area contributed by atoms with E-state index in [4.69, 9.17) is 0 Å². The van der Waals surface area contributed by atoms with Gasteiger partial charge < -0.3 is 15.5 Å². The smallest absolute Gasteiger partial charge is 0.241 e. The lowest BCUT2D eigenvalue weighted by Gasteiger charge is -2.15. The van der Waals surface area contributed by atoms with E-state index in [1.54, 1.807) is 19.0 Å². The maximum Gasteiger partial charge on any atom is 0.241 e. The Labute approximate surface area is 163 Å². The van der Waals surface area contributed by atoms with Crippen molar-refractivity contribution in [1.29, 1.82) is 0 Å². The molecule has 0 unspecified atom stereocenters. The molecule has 0 fully saturated rings. The average Bonchev–Trinajstić information content (AvgIpc) is 2.63. The van der Waals surface area contributed by atoms with Crippen LogP contribution in [0.5, 0.6) is 0 Å². The van der Waals surface area contributed by atoms with Crippen LogP contribution in [-0.4, -0.2) is 37.4 Å². The number of halogens is 1. The zero-order valence-electron chi connectivity index (χ0n) is 15.4. The van der Waals surface area contributed by atoms with E-state index in [1.165, 1.54) is 5.56 Å². The molecule has 0 aromatic heterocycles. The molecule has 0 aliphatic heterocycles.